The van der Waals surface area contributed by atoms with E-state index in [0.29, 0.717) is 6.42 Å². The molecule has 1 aromatic carbocycles. The van der Waals surface area contributed by atoms with Gasteiger partial charge in [-0.2, -0.15) is 0 Å². The quantitative estimate of drug-likeness (QED) is 0.222. The molecule has 0 aliphatic rings. The van der Waals surface area contributed by atoms with Crippen LogP contribution in [0.25, 0.3) is 0 Å². The molecule has 1 aromatic rings. The van der Waals surface area contributed by atoms with Crippen LogP contribution in [0.4, 0.5) is 0 Å². The van der Waals surface area contributed by atoms with E-state index in [-0.39, 0.29) is 35.8 Å². The highest BCUT2D eigenvalue weighted by atomic mass is 16.5. The number of methoxy groups -OCH3 is 1. The lowest BCUT2D eigenvalue weighted by Gasteiger charge is -2.23. The molecule has 0 saturated heterocycles. The summed E-state index contributed by atoms with van der Waals surface area (Å²) in [7, 11) is 3.40. The van der Waals surface area contributed by atoms with Crippen LogP contribution >= 0.6 is 0 Å². The van der Waals surface area contributed by atoms with Crippen LogP contribution in [0.1, 0.15) is 58.4 Å². The molecule has 0 fully saturated rings. The summed E-state index contributed by atoms with van der Waals surface area (Å²) in [6.07, 6.45) is 11.2. The van der Waals surface area contributed by atoms with Gasteiger partial charge in [-0.05, 0) is 38.2 Å². The number of hydrogen-bond acceptors (Lipinski definition) is 4. The van der Waals surface area contributed by atoms with Crippen molar-refractivity contribution in [2.75, 3.05) is 14.2 Å². The molecule has 0 aromatic heterocycles. The summed E-state index contributed by atoms with van der Waals surface area (Å²) < 4.78 is 5.76. The number of nitrogens with one attached hydrogen (secondary N) is 2. The number of primary amides is 1. The van der Waals surface area contributed by atoms with Gasteiger partial charge in [-0.25, -0.2) is 0 Å². The zero-order chi connectivity index (χ0) is 26.2. The number of carbonyl (C=O) groups excluding carboxylic acids is 2. The van der Waals surface area contributed by atoms with Crippen LogP contribution in [-0.4, -0.2) is 38.1 Å². The standard InChI is InChI=1S/C29H45N3O3/c1-21(19-22(2)27(35-6)20-25-14-10-8-11-15-25)17-18-26(24(4)29(30)34)32-23(3)13-9-7-12-16-28(33)31-5/h8,10-11,14-15,17-19,22,24,26-27,32H,3,7,9,12-13,16,20H2,1-2,4-6H3,(H2,30,34)(H,31,33)/b18-17+,21-19+/t22-,24-,26?,27-/m0/s1. The molecule has 0 heterocycles. The number of benzene rings is 1. The first kappa shape index (κ1) is 30.2. The highest BCUT2D eigenvalue weighted by Crippen LogP contribution is 2.18. The largest absolute Gasteiger partial charge is 0.382 e. The summed E-state index contributed by atoms with van der Waals surface area (Å²) in [5.41, 5.74) is 8.81. The van der Waals surface area contributed by atoms with Crippen molar-refractivity contribution in [3.05, 3.63) is 72.0 Å². The second-order valence-electron chi connectivity index (χ2n) is 9.29. The van der Waals surface area contributed by atoms with E-state index in [4.69, 9.17) is 10.5 Å². The lowest BCUT2D eigenvalue weighted by molar-refractivity contribution is -0.122. The number of ether oxygens (including phenoxy) is 1. The van der Waals surface area contributed by atoms with Gasteiger partial charge in [0.05, 0.1) is 18.1 Å². The molecule has 1 rings (SSSR count). The summed E-state index contributed by atoms with van der Waals surface area (Å²) in [5, 5.41) is 6.01. The van der Waals surface area contributed by atoms with Crippen molar-refractivity contribution in [3.8, 4) is 0 Å². The molecular weight excluding hydrogens is 438 g/mol. The maximum absolute atomic E-state index is 11.9. The van der Waals surface area contributed by atoms with E-state index in [2.05, 4.69) is 49.3 Å². The molecule has 4 N–H and O–H groups in total. The van der Waals surface area contributed by atoms with E-state index in [0.717, 1.165) is 43.4 Å². The Hall–Kier alpha value is -2.86. The average Bonchev–Trinajstić information content (AvgIpc) is 2.84. The summed E-state index contributed by atoms with van der Waals surface area (Å²) >= 11 is 0. The second kappa shape index (κ2) is 16.7. The number of unbranched alkanes of at least 4 members (excludes halogenated alkanes) is 2. The van der Waals surface area contributed by atoms with Gasteiger partial charge in [0.25, 0.3) is 0 Å². The Morgan fingerprint density at radius 3 is 2.37 bits per heavy atom. The van der Waals surface area contributed by atoms with E-state index in [1.54, 1.807) is 14.2 Å². The van der Waals surface area contributed by atoms with Crippen LogP contribution in [-0.2, 0) is 20.7 Å². The molecule has 6 heteroatoms. The van der Waals surface area contributed by atoms with Crippen molar-refractivity contribution in [3.63, 3.8) is 0 Å². The number of amides is 2. The normalized spacial score (nSPS) is 15.3. The first-order chi connectivity index (χ1) is 16.7. The molecule has 35 heavy (non-hydrogen) atoms. The predicted octanol–water partition coefficient (Wildman–Crippen LogP) is 4.67. The monoisotopic (exact) mass is 483 g/mol. The van der Waals surface area contributed by atoms with Gasteiger partial charge in [0.2, 0.25) is 11.8 Å². The van der Waals surface area contributed by atoms with E-state index in [1.165, 1.54) is 5.56 Å². The lowest BCUT2D eigenvalue weighted by atomic mass is 9.94. The van der Waals surface area contributed by atoms with Gasteiger partial charge in [-0.1, -0.05) is 81.0 Å². The topological polar surface area (TPSA) is 93.4 Å². The summed E-state index contributed by atoms with van der Waals surface area (Å²) in [6, 6.07) is 10.1. The van der Waals surface area contributed by atoms with Gasteiger partial charge in [-0.15, -0.1) is 0 Å². The van der Waals surface area contributed by atoms with Gasteiger partial charge in [0.1, 0.15) is 0 Å². The minimum Gasteiger partial charge on any atom is -0.382 e. The van der Waals surface area contributed by atoms with Crippen LogP contribution in [0, 0.1) is 11.8 Å². The third-order valence-electron chi connectivity index (χ3n) is 6.28. The van der Waals surface area contributed by atoms with Crippen molar-refractivity contribution in [1.29, 1.82) is 0 Å². The molecule has 0 saturated carbocycles. The number of carbonyl (C=O) groups is 2. The summed E-state index contributed by atoms with van der Waals surface area (Å²) in [6.45, 7) is 10.2. The molecule has 194 valence electrons. The first-order valence-electron chi connectivity index (χ1n) is 12.6. The Balaban J connectivity index is 2.71. The van der Waals surface area contributed by atoms with Crippen molar-refractivity contribution in [1.82, 2.24) is 10.6 Å². The minimum absolute atomic E-state index is 0.0667. The van der Waals surface area contributed by atoms with Crippen LogP contribution in [0.3, 0.4) is 0 Å². The molecule has 0 aliphatic heterocycles. The molecular formula is C29H45N3O3. The Morgan fingerprint density at radius 2 is 1.77 bits per heavy atom. The lowest BCUT2D eigenvalue weighted by Crippen LogP contribution is -2.39. The highest BCUT2D eigenvalue weighted by molar-refractivity contribution is 5.77. The Kier molecular flexibility index (Phi) is 14.4. The van der Waals surface area contributed by atoms with Crippen LogP contribution < -0.4 is 16.4 Å². The molecule has 0 radical (unpaired) electrons. The SMILES string of the molecule is C=C(CCCCCC(=O)NC)NC(/C=C/C(C)=C/[C@H](C)[C@H](Cc1ccccc1)OC)[C@H](C)C(N)=O. The zero-order valence-corrected chi connectivity index (χ0v) is 22.2. The number of nitrogens with two attached hydrogens (primary N) is 1. The molecule has 0 aliphatic carbocycles. The molecule has 0 spiro atoms. The fourth-order valence-corrected chi connectivity index (χ4v) is 3.91. The highest BCUT2D eigenvalue weighted by Gasteiger charge is 2.20. The zero-order valence-electron chi connectivity index (χ0n) is 22.2. The average molecular weight is 484 g/mol. The summed E-state index contributed by atoms with van der Waals surface area (Å²) in [4.78, 5) is 23.2. The van der Waals surface area contributed by atoms with Crippen molar-refractivity contribution in [2.24, 2.45) is 17.6 Å². The number of rotatable bonds is 17. The third kappa shape index (κ3) is 12.4. The van der Waals surface area contributed by atoms with Gasteiger partial charge in [0.15, 0.2) is 0 Å². The smallest absolute Gasteiger partial charge is 0.222 e. The molecule has 0 bridgehead atoms. The maximum atomic E-state index is 11.9. The molecule has 4 atom stereocenters. The molecule has 2 amide bonds. The second-order valence-corrected chi connectivity index (χ2v) is 9.29. The number of hydrogen-bond donors (Lipinski definition) is 3. The van der Waals surface area contributed by atoms with Crippen LogP contribution in [0.15, 0.2) is 66.4 Å². The molecule has 1 unspecified atom stereocenters. The Bertz CT molecular complexity index is 848. The van der Waals surface area contributed by atoms with Gasteiger partial charge in [0, 0.05) is 32.2 Å². The fraction of sp³-hybridized carbons (Fsp3) is 0.517. The van der Waals surface area contributed by atoms with Crippen LogP contribution in [0.2, 0.25) is 0 Å². The van der Waals surface area contributed by atoms with E-state index in [9.17, 15) is 9.59 Å². The predicted molar refractivity (Wildman–Crippen MR) is 145 cm³/mol. The van der Waals surface area contributed by atoms with Crippen molar-refractivity contribution >= 4 is 11.8 Å². The van der Waals surface area contributed by atoms with Gasteiger partial charge < -0.3 is 21.1 Å². The molecule has 6 nitrogen and oxygen atoms in total. The summed E-state index contributed by atoms with van der Waals surface area (Å²) in [5.74, 6) is -0.458. The minimum atomic E-state index is -0.383. The third-order valence-corrected chi connectivity index (χ3v) is 6.28. The Morgan fingerprint density at radius 1 is 1.11 bits per heavy atom. The van der Waals surface area contributed by atoms with Crippen molar-refractivity contribution < 1.29 is 14.3 Å². The van der Waals surface area contributed by atoms with Crippen LogP contribution in [0.5, 0.6) is 0 Å². The fourth-order valence-electron chi connectivity index (χ4n) is 3.91. The van der Waals surface area contributed by atoms with E-state index >= 15 is 0 Å². The Labute approximate surface area is 212 Å². The number of allylic oxidation sites excluding steroid dienone is 3. The first-order valence-corrected chi connectivity index (χ1v) is 12.6. The van der Waals surface area contributed by atoms with Gasteiger partial charge in [-0.3, -0.25) is 9.59 Å². The van der Waals surface area contributed by atoms with E-state index in [1.807, 2.05) is 37.3 Å². The van der Waals surface area contributed by atoms with Gasteiger partial charge >= 0.3 is 0 Å². The maximum Gasteiger partial charge on any atom is 0.222 e. The van der Waals surface area contributed by atoms with E-state index < -0.39 is 0 Å². The van der Waals surface area contributed by atoms with Crippen molar-refractivity contribution in [2.45, 2.75) is 71.4 Å².